The summed E-state index contributed by atoms with van der Waals surface area (Å²) >= 11 is 0. The third-order valence-corrected chi connectivity index (χ3v) is 6.68. The third-order valence-electron chi connectivity index (χ3n) is 6.68. The fourth-order valence-corrected chi connectivity index (χ4v) is 4.71. The molecule has 0 saturated heterocycles. The van der Waals surface area contributed by atoms with Gasteiger partial charge in [-0.05, 0) is 29.7 Å². The van der Waals surface area contributed by atoms with Crippen molar-refractivity contribution in [3.05, 3.63) is 77.8 Å². The van der Waals surface area contributed by atoms with Gasteiger partial charge in [-0.3, -0.25) is 9.69 Å². The van der Waals surface area contributed by atoms with Gasteiger partial charge >= 0.3 is 0 Å². The Balaban J connectivity index is 1.14. The molecule has 0 spiro atoms. The molecule has 2 aliphatic rings. The van der Waals surface area contributed by atoms with Crippen LogP contribution in [0.25, 0.3) is 11.3 Å². The standard InChI is InChI=1S/C26H29F2N5O2/c1-17(29-12-22(34)15-32-9-8-18-4-2-3-5-19(18)13-32)23-16-33-14-20(6-7-24(33)31-23)25(35)30-21-10-26(27,28)11-21/h2-7,14,16,21-22,29,34H,1,8-13,15H2,(H,30,35)/t22-/m0/s1. The molecule has 3 heterocycles. The average Bonchev–Trinajstić information content (AvgIpc) is 3.25. The zero-order valence-electron chi connectivity index (χ0n) is 19.4. The van der Waals surface area contributed by atoms with Crippen LogP contribution in [0, 0.1) is 0 Å². The summed E-state index contributed by atoms with van der Waals surface area (Å²) in [6, 6.07) is 11.2. The Morgan fingerprint density at radius 2 is 1.97 bits per heavy atom. The number of nitrogens with one attached hydrogen (secondary N) is 2. The highest BCUT2D eigenvalue weighted by atomic mass is 19.3. The van der Waals surface area contributed by atoms with Crippen LogP contribution in [0.1, 0.15) is 40.0 Å². The molecule has 0 unspecified atom stereocenters. The Kier molecular flexibility index (Phi) is 6.29. The Hall–Kier alpha value is -3.30. The molecule has 5 rings (SSSR count). The van der Waals surface area contributed by atoms with Crippen LogP contribution in [0.2, 0.25) is 0 Å². The summed E-state index contributed by atoms with van der Waals surface area (Å²) in [6.45, 7) is 6.68. The van der Waals surface area contributed by atoms with E-state index in [0.29, 0.717) is 35.7 Å². The Morgan fingerprint density at radius 3 is 2.74 bits per heavy atom. The summed E-state index contributed by atoms with van der Waals surface area (Å²) < 4.78 is 27.7. The van der Waals surface area contributed by atoms with Crippen molar-refractivity contribution in [2.45, 2.75) is 43.9 Å². The van der Waals surface area contributed by atoms with Gasteiger partial charge in [-0.25, -0.2) is 13.8 Å². The Labute approximate surface area is 202 Å². The molecule has 184 valence electrons. The van der Waals surface area contributed by atoms with Crippen LogP contribution in [0.3, 0.4) is 0 Å². The fourth-order valence-electron chi connectivity index (χ4n) is 4.71. The minimum atomic E-state index is -2.68. The van der Waals surface area contributed by atoms with Crippen molar-refractivity contribution in [3.63, 3.8) is 0 Å². The van der Waals surface area contributed by atoms with E-state index in [1.807, 2.05) is 6.07 Å². The number of carbonyl (C=O) groups is 1. The number of rotatable bonds is 8. The van der Waals surface area contributed by atoms with E-state index < -0.39 is 18.1 Å². The van der Waals surface area contributed by atoms with Crippen molar-refractivity contribution >= 4 is 17.3 Å². The van der Waals surface area contributed by atoms with Crippen molar-refractivity contribution in [2.24, 2.45) is 0 Å². The minimum absolute atomic E-state index is 0.321. The van der Waals surface area contributed by atoms with E-state index in [9.17, 15) is 18.7 Å². The highest BCUT2D eigenvalue weighted by molar-refractivity contribution is 5.94. The number of aliphatic hydroxyl groups is 1. The SMILES string of the molecule is C=C(NC[C@H](O)CN1CCc2ccccc2C1)c1cn2cc(C(=O)NC3CC(F)(F)C3)ccc2n1. The normalized spacial score (nSPS) is 18.5. The van der Waals surface area contributed by atoms with Gasteiger partial charge in [0.05, 0.1) is 17.4 Å². The van der Waals surface area contributed by atoms with Crippen LogP contribution in [0.4, 0.5) is 8.78 Å². The molecule has 2 aromatic heterocycles. The number of β-amino-alcohol motifs (C(OH)–C–C–N with tert-alkyl or cyclic N) is 1. The van der Waals surface area contributed by atoms with E-state index in [0.717, 1.165) is 19.5 Å². The number of benzene rings is 1. The third kappa shape index (κ3) is 5.36. The fraction of sp³-hybridized carbons (Fsp3) is 0.385. The first-order valence-corrected chi connectivity index (χ1v) is 11.8. The molecule has 1 fully saturated rings. The lowest BCUT2D eigenvalue weighted by atomic mass is 9.88. The zero-order valence-corrected chi connectivity index (χ0v) is 19.4. The zero-order chi connectivity index (χ0) is 24.6. The molecule has 0 radical (unpaired) electrons. The van der Waals surface area contributed by atoms with Crippen molar-refractivity contribution in [3.8, 4) is 0 Å². The van der Waals surface area contributed by atoms with Gasteiger partial charge in [0.25, 0.3) is 11.8 Å². The number of pyridine rings is 1. The Bertz CT molecular complexity index is 1250. The molecule has 7 nitrogen and oxygen atoms in total. The summed E-state index contributed by atoms with van der Waals surface area (Å²) in [5, 5.41) is 16.3. The van der Waals surface area contributed by atoms with E-state index in [1.54, 1.807) is 28.9 Å². The topological polar surface area (TPSA) is 81.9 Å². The van der Waals surface area contributed by atoms with E-state index in [-0.39, 0.29) is 18.7 Å². The predicted molar refractivity (Wildman–Crippen MR) is 129 cm³/mol. The molecule has 9 heteroatoms. The first kappa shape index (κ1) is 23.4. The molecule has 35 heavy (non-hydrogen) atoms. The van der Waals surface area contributed by atoms with Gasteiger partial charge in [-0.1, -0.05) is 30.8 Å². The average molecular weight is 482 g/mol. The van der Waals surface area contributed by atoms with Crippen LogP contribution < -0.4 is 10.6 Å². The first-order chi connectivity index (χ1) is 16.8. The van der Waals surface area contributed by atoms with Crippen molar-refractivity contribution in [1.82, 2.24) is 24.9 Å². The van der Waals surface area contributed by atoms with E-state index in [4.69, 9.17) is 0 Å². The van der Waals surface area contributed by atoms with Gasteiger partial charge in [0.2, 0.25) is 0 Å². The largest absolute Gasteiger partial charge is 0.390 e. The predicted octanol–water partition coefficient (Wildman–Crippen LogP) is 2.84. The van der Waals surface area contributed by atoms with Gasteiger partial charge in [-0.15, -0.1) is 0 Å². The summed E-state index contributed by atoms with van der Waals surface area (Å²) in [7, 11) is 0. The number of aromatic nitrogens is 2. The number of hydrogen-bond donors (Lipinski definition) is 3. The van der Waals surface area contributed by atoms with E-state index in [2.05, 4.69) is 45.3 Å². The quantitative estimate of drug-likeness (QED) is 0.461. The molecule has 3 aromatic rings. The maximum absolute atomic E-state index is 13.0. The molecule has 3 N–H and O–H groups in total. The van der Waals surface area contributed by atoms with Crippen LogP contribution in [0.5, 0.6) is 0 Å². The molecular formula is C26H29F2N5O2. The number of alkyl halides is 2. The first-order valence-electron chi connectivity index (χ1n) is 11.8. The number of carbonyl (C=O) groups excluding carboxylic acids is 1. The number of imidazole rings is 1. The molecule has 1 aliphatic carbocycles. The number of halogens is 2. The smallest absolute Gasteiger partial charge is 0.253 e. The summed E-state index contributed by atoms with van der Waals surface area (Å²) in [6.07, 6.45) is 3.14. The van der Waals surface area contributed by atoms with Gasteiger partial charge in [0.15, 0.2) is 0 Å². The lowest BCUT2D eigenvalue weighted by Crippen LogP contribution is -2.50. The van der Waals surface area contributed by atoms with Crippen molar-refractivity contribution in [2.75, 3.05) is 19.6 Å². The second-order valence-electron chi connectivity index (χ2n) is 9.51. The number of fused-ring (bicyclic) bond motifs is 2. The molecular weight excluding hydrogens is 452 g/mol. The van der Waals surface area contributed by atoms with Crippen molar-refractivity contribution < 1.29 is 18.7 Å². The van der Waals surface area contributed by atoms with Crippen LogP contribution >= 0.6 is 0 Å². The van der Waals surface area contributed by atoms with Gasteiger partial charge in [-0.2, -0.15) is 0 Å². The maximum Gasteiger partial charge on any atom is 0.253 e. The second-order valence-corrected chi connectivity index (χ2v) is 9.51. The highest BCUT2D eigenvalue weighted by Gasteiger charge is 2.45. The van der Waals surface area contributed by atoms with E-state index in [1.165, 1.54) is 11.1 Å². The minimum Gasteiger partial charge on any atom is -0.390 e. The van der Waals surface area contributed by atoms with Crippen molar-refractivity contribution in [1.29, 1.82) is 0 Å². The van der Waals surface area contributed by atoms with Gasteiger partial charge in [0, 0.05) is 57.5 Å². The summed E-state index contributed by atoms with van der Waals surface area (Å²) in [5.74, 6) is -3.07. The number of aliphatic hydroxyl groups excluding tert-OH is 1. The molecule has 0 bridgehead atoms. The number of hydrogen-bond acceptors (Lipinski definition) is 5. The van der Waals surface area contributed by atoms with Gasteiger partial charge < -0.3 is 20.1 Å². The molecule has 1 saturated carbocycles. The van der Waals surface area contributed by atoms with Crippen LogP contribution in [-0.2, 0) is 13.0 Å². The lowest BCUT2D eigenvalue weighted by Gasteiger charge is -2.35. The summed E-state index contributed by atoms with van der Waals surface area (Å²) in [4.78, 5) is 19.2. The molecule has 1 aliphatic heterocycles. The molecule has 1 atom stereocenters. The second kappa shape index (κ2) is 9.39. The summed E-state index contributed by atoms with van der Waals surface area (Å²) in [5.41, 5.74) is 4.85. The monoisotopic (exact) mass is 481 g/mol. The maximum atomic E-state index is 13.0. The lowest BCUT2D eigenvalue weighted by molar-refractivity contribution is -0.0901. The molecule has 1 aromatic carbocycles. The number of nitrogens with zero attached hydrogens (tertiary/aromatic N) is 3. The number of amides is 1. The van der Waals surface area contributed by atoms with E-state index >= 15 is 0 Å². The highest BCUT2D eigenvalue weighted by Crippen LogP contribution is 2.37. The van der Waals surface area contributed by atoms with Crippen LogP contribution in [-0.4, -0.2) is 63.0 Å². The Morgan fingerprint density at radius 1 is 1.20 bits per heavy atom. The molecule has 1 amide bonds. The van der Waals surface area contributed by atoms with Gasteiger partial charge in [0.1, 0.15) is 11.3 Å². The van der Waals surface area contributed by atoms with Crippen LogP contribution in [0.15, 0.2) is 55.4 Å².